The van der Waals surface area contributed by atoms with Crippen molar-refractivity contribution in [2.75, 3.05) is 5.32 Å². The van der Waals surface area contributed by atoms with Crippen molar-refractivity contribution in [3.8, 4) is 0 Å². The number of benzene rings is 4. The average Bonchev–Trinajstić information content (AvgIpc) is 3.19. The number of fused-ring (bicyclic) bond motifs is 6. The number of rotatable bonds is 3. The first kappa shape index (κ1) is 18.0. The molecule has 0 bridgehead atoms. The highest BCUT2D eigenvalue weighted by Crippen LogP contribution is 2.43. The molecular formula is C27H17NO2S. The lowest BCUT2D eigenvalue weighted by Crippen LogP contribution is -2.22. The quantitative estimate of drug-likeness (QED) is 0.359. The van der Waals surface area contributed by atoms with Crippen LogP contribution < -0.4 is 5.32 Å². The Morgan fingerprint density at radius 2 is 1.32 bits per heavy atom. The van der Waals surface area contributed by atoms with E-state index in [2.05, 4.69) is 11.4 Å². The number of thiophene rings is 1. The van der Waals surface area contributed by atoms with Gasteiger partial charge in [-0.1, -0.05) is 72.8 Å². The Labute approximate surface area is 183 Å². The van der Waals surface area contributed by atoms with Gasteiger partial charge in [-0.15, -0.1) is 11.3 Å². The van der Waals surface area contributed by atoms with E-state index in [-0.39, 0.29) is 11.6 Å². The third-order valence-electron chi connectivity index (χ3n) is 5.86. The molecule has 1 aromatic heterocycles. The zero-order valence-corrected chi connectivity index (χ0v) is 17.3. The second-order valence-corrected chi connectivity index (χ2v) is 8.77. The lowest BCUT2D eigenvalue weighted by Gasteiger charge is -2.22. The predicted molar refractivity (Wildman–Crippen MR) is 126 cm³/mol. The first-order chi connectivity index (χ1) is 15.2. The van der Waals surface area contributed by atoms with Crippen LogP contribution in [0.4, 0.5) is 5.69 Å². The van der Waals surface area contributed by atoms with Crippen molar-refractivity contribution in [2.24, 2.45) is 0 Å². The molecule has 1 aliphatic rings. The van der Waals surface area contributed by atoms with Crippen LogP contribution in [0.25, 0.3) is 20.2 Å². The maximum absolute atomic E-state index is 13.7. The van der Waals surface area contributed by atoms with Crippen molar-refractivity contribution in [3.63, 3.8) is 0 Å². The van der Waals surface area contributed by atoms with Crippen molar-refractivity contribution in [3.05, 3.63) is 113 Å². The molecule has 31 heavy (non-hydrogen) atoms. The third kappa shape index (κ3) is 2.72. The molecule has 0 aliphatic heterocycles. The van der Waals surface area contributed by atoms with Gasteiger partial charge in [-0.05, 0) is 17.7 Å². The van der Waals surface area contributed by atoms with Crippen LogP contribution in [0.15, 0.2) is 84.9 Å². The standard InChI is InChI=1S/C27H17NO2S/c29-26-17-10-4-5-11-18(17)27(30)25-23-19-12-6-7-13-21(19)31-22(23)14-20(24(25)26)28-15-16-8-2-1-3-9-16/h1-14,28H,15H2. The van der Waals surface area contributed by atoms with E-state index in [1.807, 2.05) is 66.7 Å². The zero-order valence-electron chi connectivity index (χ0n) is 16.5. The van der Waals surface area contributed by atoms with Gasteiger partial charge in [-0.2, -0.15) is 0 Å². The Balaban J connectivity index is 1.63. The summed E-state index contributed by atoms with van der Waals surface area (Å²) in [6.45, 7) is 0.576. The summed E-state index contributed by atoms with van der Waals surface area (Å²) >= 11 is 1.65. The first-order valence-corrected chi connectivity index (χ1v) is 11.0. The van der Waals surface area contributed by atoms with Gasteiger partial charge in [0, 0.05) is 49.1 Å². The third-order valence-corrected chi connectivity index (χ3v) is 6.98. The van der Waals surface area contributed by atoms with Crippen molar-refractivity contribution >= 4 is 48.8 Å². The molecule has 5 aromatic rings. The molecule has 0 atom stereocenters. The summed E-state index contributed by atoms with van der Waals surface area (Å²) < 4.78 is 2.12. The highest BCUT2D eigenvalue weighted by atomic mass is 32.1. The fraction of sp³-hybridized carbons (Fsp3) is 0.0370. The van der Waals surface area contributed by atoms with Gasteiger partial charge in [-0.3, -0.25) is 9.59 Å². The first-order valence-electron chi connectivity index (χ1n) is 10.2. The summed E-state index contributed by atoms with van der Waals surface area (Å²) in [7, 11) is 0. The van der Waals surface area contributed by atoms with Gasteiger partial charge in [0.05, 0.1) is 5.56 Å². The van der Waals surface area contributed by atoms with E-state index < -0.39 is 0 Å². The van der Waals surface area contributed by atoms with Gasteiger partial charge >= 0.3 is 0 Å². The Bertz CT molecular complexity index is 1520. The Morgan fingerprint density at radius 1 is 0.677 bits per heavy atom. The Morgan fingerprint density at radius 3 is 2.10 bits per heavy atom. The van der Waals surface area contributed by atoms with Crippen molar-refractivity contribution < 1.29 is 9.59 Å². The molecule has 4 heteroatoms. The molecule has 148 valence electrons. The maximum Gasteiger partial charge on any atom is 0.196 e. The molecule has 4 aromatic carbocycles. The predicted octanol–water partition coefficient (Wildman–Crippen LogP) is 6.44. The molecule has 0 spiro atoms. The van der Waals surface area contributed by atoms with Crippen LogP contribution in [0.5, 0.6) is 0 Å². The van der Waals surface area contributed by atoms with Crippen molar-refractivity contribution in [1.82, 2.24) is 0 Å². The minimum atomic E-state index is -0.0991. The summed E-state index contributed by atoms with van der Waals surface area (Å²) in [4.78, 5) is 27.3. The minimum Gasteiger partial charge on any atom is -0.380 e. The second-order valence-electron chi connectivity index (χ2n) is 7.69. The molecule has 0 amide bonds. The highest BCUT2D eigenvalue weighted by Gasteiger charge is 2.34. The molecule has 1 heterocycles. The monoisotopic (exact) mass is 419 g/mol. The second kappa shape index (κ2) is 6.89. The summed E-state index contributed by atoms with van der Waals surface area (Å²) in [5, 5.41) is 5.35. The summed E-state index contributed by atoms with van der Waals surface area (Å²) in [5.74, 6) is -0.181. The SMILES string of the molecule is O=C1c2ccccc2C(=O)c2c1c(NCc1ccccc1)cc1sc3ccccc3c21. The molecule has 0 saturated heterocycles. The Kier molecular flexibility index (Phi) is 4.01. The normalized spacial score (nSPS) is 12.8. The number of ketones is 2. The van der Waals surface area contributed by atoms with E-state index in [9.17, 15) is 9.59 Å². The van der Waals surface area contributed by atoms with Crippen LogP contribution in [-0.2, 0) is 6.54 Å². The number of anilines is 1. The number of nitrogens with one attached hydrogen (secondary N) is 1. The van der Waals surface area contributed by atoms with Crippen LogP contribution in [0.3, 0.4) is 0 Å². The van der Waals surface area contributed by atoms with Crippen LogP contribution >= 0.6 is 11.3 Å². The van der Waals surface area contributed by atoms with E-state index in [0.717, 1.165) is 25.7 Å². The van der Waals surface area contributed by atoms with E-state index in [4.69, 9.17) is 0 Å². The summed E-state index contributed by atoms with van der Waals surface area (Å²) in [6, 6.07) is 27.3. The molecule has 0 fully saturated rings. The molecule has 0 saturated carbocycles. The van der Waals surface area contributed by atoms with Gasteiger partial charge in [0.25, 0.3) is 0 Å². The van der Waals surface area contributed by atoms with Crippen LogP contribution in [0.2, 0.25) is 0 Å². The fourth-order valence-corrected chi connectivity index (χ4v) is 5.59. The lowest BCUT2D eigenvalue weighted by molar-refractivity contribution is 0.0981. The summed E-state index contributed by atoms with van der Waals surface area (Å²) in [6.07, 6.45) is 0. The average molecular weight is 420 g/mol. The molecule has 1 N–H and O–H groups in total. The van der Waals surface area contributed by atoms with E-state index in [0.29, 0.717) is 34.5 Å². The fourth-order valence-electron chi connectivity index (χ4n) is 4.43. The topological polar surface area (TPSA) is 46.2 Å². The Hall–Kier alpha value is -3.76. The number of hydrogen-bond acceptors (Lipinski definition) is 4. The van der Waals surface area contributed by atoms with Gasteiger partial charge < -0.3 is 5.32 Å². The molecule has 0 unspecified atom stereocenters. The molecule has 6 rings (SSSR count). The zero-order chi connectivity index (χ0) is 20.9. The van der Waals surface area contributed by atoms with Crippen LogP contribution in [0, 0.1) is 0 Å². The van der Waals surface area contributed by atoms with Crippen molar-refractivity contribution in [1.29, 1.82) is 0 Å². The molecule has 3 nitrogen and oxygen atoms in total. The minimum absolute atomic E-state index is 0.0814. The van der Waals surface area contributed by atoms with E-state index >= 15 is 0 Å². The number of carbonyl (C=O) groups is 2. The largest absolute Gasteiger partial charge is 0.380 e. The highest BCUT2D eigenvalue weighted by molar-refractivity contribution is 7.26. The van der Waals surface area contributed by atoms with Gasteiger partial charge in [0.1, 0.15) is 0 Å². The maximum atomic E-state index is 13.7. The van der Waals surface area contributed by atoms with Crippen LogP contribution in [0.1, 0.15) is 37.4 Å². The molecule has 0 radical (unpaired) electrons. The van der Waals surface area contributed by atoms with Gasteiger partial charge in [0.15, 0.2) is 11.6 Å². The molecular weight excluding hydrogens is 402 g/mol. The summed E-state index contributed by atoms with van der Waals surface area (Å²) in [5.41, 5.74) is 3.79. The number of carbonyl (C=O) groups excluding carboxylic acids is 2. The van der Waals surface area contributed by atoms with E-state index in [1.165, 1.54) is 0 Å². The van der Waals surface area contributed by atoms with Gasteiger partial charge in [0.2, 0.25) is 0 Å². The van der Waals surface area contributed by atoms with E-state index in [1.54, 1.807) is 23.5 Å². The smallest absolute Gasteiger partial charge is 0.196 e. The van der Waals surface area contributed by atoms with Gasteiger partial charge in [-0.25, -0.2) is 0 Å². The van der Waals surface area contributed by atoms with Crippen molar-refractivity contribution in [2.45, 2.75) is 6.54 Å². The van der Waals surface area contributed by atoms with Crippen LogP contribution in [-0.4, -0.2) is 11.6 Å². The lowest BCUT2D eigenvalue weighted by atomic mass is 9.81. The number of hydrogen-bond donors (Lipinski definition) is 1. The molecule has 1 aliphatic carbocycles.